The summed E-state index contributed by atoms with van der Waals surface area (Å²) in [4.78, 5) is 16.8. The Morgan fingerprint density at radius 2 is 1.75 bits per heavy atom. The van der Waals surface area contributed by atoms with E-state index in [-0.39, 0.29) is 11.8 Å². The molecule has 2 rings (SSSR count). The monoisotopic (exact) mass is 343 g/mol. The number of carbonyl (C=O) groups is 1. The highest BCUT2D eigenvalue weighted by atomic mass is 35.5. The van der Waals surface area contributed by atoms with Crippen LogP contribution in [0.25, 0.3) is 0 Å². The summed E-state index contributed by atoms with van der Waals surface area (Å²) in [6.07, 6.45) is 1.72. The molecule has 0 fully saturated rings. The van der Waals surface area contributed by atoms with Crippen LogP contribution >= 0.6 is 11.6 Å². The first-order valence-electron chi connectivity index (χ1n) is 8.00. The van der Waals surface area contributed by atoms with Gasteiger partial charge in [0.25, 0.3) is 5.91 Å². The van der Waals surface area contributed by atoms with Crippen LogP contribution in [0.3, 0.4) is 0 Å². The largest absolute Gasteiger partial charge is 0.386 e. The number of rotatable bonds is 6. The van der Waals surface area contributed by atoms with Crippen molar-refractivity contribution in [2.75, 3.05) is 11.2 Å². The number of alkyl halides is 1. The zero-order valence-corrected chi connectivity index (χ0v) is 14.7. The number of para-hydroxylation sites is 1. The average Bonchev–Trinajstić information content (AvgIpc) is 2.61. The van der Waals surface area contributed by atoms with Gasteiger partial charge < -0.3 is 11.1 Å². The Morgan fingerprint density at radius 1 is 1.12 bits per heavy atom. The number of aliphatic imine (C=N–C) groups is 1. The molecule has 1 amide bonds. The van der Waals surface area contributed by atoms with Crippen LogP contribution in [0.2, 0.25) is 0 Å². The number of hydrogen-bond donors (Lipinski definition) is 2. The minimum atomic E-state index is -0.160. The number of halogens is 1. The number of carbonyl (C=O) groups excluding carboxylic acids is 1. The second kappa shape index (κ2) is 8.50. The molecule has 2 aromatic carbocycles. The number of nitrogens with zero attached hydrogens (tertiary/aromatic N) is 1. The van der Waals surface area contributed by atoms with Gasteiger partial charge in [0.2, 0.25) is 0 Å². The molecule has 0 heterocycles. The van der Waals surface area contributed by atoms with E-state index >= 15 is 0 Å². The third kappa shape index (κ3) is 4.36. The molecule has 0 unspecified atom stereocenters. The third-order valence-corrected chi connectivity index (χ3v) is 4.03. The van der Waals surface area contributed by atoms with Crippen molar-refractivity contribution in [1.82, 2.24) is 0 Å². The van der Waals surface area contributed by atoms with E-state index in [2.05, 4.69) is 24.2 Å². The number of amidine groups is 1. The van der Waals surface area contributed by atoms with Gasteiger partial charge in [-0.1, -0.05) is 38.1 Å². The van der Waals surface area contributed by atoms with E-state index in [1.807, 2.05) is 18.2 Å². The standard InChI is InChI=1S/C19H22ClN3O/c1-3-13-7-5-8-14(4-2)18(13)23-19(24)15-9-6-10-16(11-15)22-17(21)12-20/h5-11H,3-4,12H2,1-2H3,(H2,21,22)(H,23,24). The first kappa shape index (κ1) is 18.0. The van der Waals surface area contributed by atoms with Gasteiger partial charge in [0.1, 0.15) is 5.84 Å². The lowest BCUT2D eigenvalue weighted by atomic mass is 10.0. The van der Waals surface area contributed by atoms with E-state index < -0.39 is 0 Å². The molecule has 0 atom stereocenters. The molecule has 0 aliphatic heterocycles. The maximum absolute atomic E-state index is 12.6. The highest BCUT2D eigenvalue weighted by molar-refractivity contribution is 6.28. The van der Waals surface area contributed by atoms with Crippen LogP contribution in [0.4, 0.5) is 11.4 Å². The first-order chi connectivity index (χ1) is 11.6. The summed E-state index contributed by atoms with van der Waals surface area (Å²) in [5.41, 5.74) is 9.95. The summed E-state index contributed by atoms with van der Waals surface area (Å²) in [5.74, 6) is 0.311. The topological polar surface area (TPSA) is 67.5 Å². The Labute approximate surface area is 147 Å². The average molecular weight is 344 g/mol. The Balaban J connectivity index is 2.30. The summed E-state index contributed by atoms with van der Waals surface area (Å²) in [5, 5.41) is 3.05. The van der Waals surface area contributed by atoms with Gasteiger partial charge in [-0.05, 0) is 42.2 Å². The molecule has 5 heteroatoms. The molecular formula is C19H22ClN3O. The van der Waals surface area contributed by atoms with Crippen molar-refractivity contribution in [3.05, 3.63) is 59.2 Å². The van der Waals surface area contributed by atoms with Gasteiger partial charge >= 0.3 is 0 Å². The fourth-order valence-electron chi connectivity index (χ4n) is 2.50. The quantitative estimate of drug-likeness (QED) is 0.466. The van der Waals surface area contributed by atoms with Crippen molar-refractivity contribution in [2.24, 2.45) is 10.7 Å². The number of aryl methyl sites for hydroxylation is 2. The van der Waals surface area contributed by atoms with Crippen LogP contribution in [-0.2, 0) is 12.8 Å². The van der Waals surface area contributed by atoms with Gasteiger partial charge in [-0.3, -0.25) is 4.79 Å². The molecule has 0 aromatic heterocycles. The lowest BCUT2D eigenvalue weighted by molar-refractivity contribution is 0.102. The zero-order valence-electron chi connectivity index (χ0n) is 14.0. The first-order valence-corrected chi connectivity index (χ1v) is 8.53. The van der Waals surface area contributed by atoms with E-state index in [4.69, 9.17) is 17.3 Å². The zero-order chi connectivity index (χ0) is 17.5. The van der Waals surface area contributed by atoms with Crippen molar-refractivity contribution >= 4 is 34.7 Å². The molecule has 0 saturated heterocycles. The van der Waals surface area contributed by atoms with Gasteiger partial charge in [-0.2, -0.15) is 0 Å². The summed E-state index contributed by atoms with van der Waals surface area (Å²) >= 11 is 5.64. The maximum Gasteiger partial charge on any atom is 0.255 e. The molecule has 0 aliphatic rings. The second-order valence-electron chi connectivity index (χ2n) is 5.40. The van der Waals surface area contributed by atoms with E-state index in [0.717, 1.165) is 29.7 Å². The Bertz CT molecular complexity index is 734. The highest BCUT2D eigenvalue weighted by Gasteiger charge is 2.12. The van der Waals surface area contributed by atoms with Crippen molar-refractivity contribution < 1.29 is 4.79 Å². The third-order valence-electron chi connectivity index (χ3n) is 3.76. The predicted octanol–water partition coefficient (Wildman–Crippen LogP) is 4.29. The molecule has 0 bridgehead atoms. The minimum Gasteiger partial charge on any atom is -0.386 e. The van der Waals surface area contributed by atoms with Gasteiger partial charge in [0, 0.05) is 11.3 Å². The molecule has 2 aromatic rings. The van der Waals surface area contributed by atoms with Crippen LogP contribution in [0.5, 0.6) is 0 Å². The molecule has 0 aliphatic carbocycles. The van der Waals surface area contributed by atoms with Crippen molar-refractivity contribution in [2.45, 2.75) is 26.7 Å². The van der Waals surface area contributed by atoms with Crippen molar-refractivity contribution in [3.8, 4) is 0 Å². The lowest BCUT2D eigenvalue weighted by Crippen LogP contribution is -2.15. The van der Waals surface area contributed by atoms with E-state index in [1.54, 1.807) is 24.3 Å². The number of nitrogens with one attached hydrogen (secondary N) is 1. The molecule has 0 saturated carbocycles. The smallest absolute Gasteiger partial charge is 0.255 e. The molecule has 126 valence electrons. The summed E-state index contributed by atoms with van der Waals surface area (Å²) in [6.45, 7) is 4.16. The number of hydrogen-bond acceptors (Lipinski definition) is 2. The SMILES string of the molecule is CCc1cccc(CC)c1NC(=O)c1cccc(N=C(N)CCl)c1. The number of benzene rings is 2. The summed E-state index contributed by atoms with van der Waals surface area (Å²) in [7, 11) is 0. The van der Waals surface area contributed by atoms with Crippen molar-refractivity contribution in [3.63, 3.8) is 0 Å². The molecule has 0 radical (unpaired) electrons. The molecular weight excluding hydrogens is 322 g/mol. The number of amides is 1. The molecule has 24 heavy (non-hydrogen) atoms. The van der Waals surface area contributed by atoms with Gasteiger partial charge in [-0.25, -0.2) is 4.99 Å². The Morgan fingerprint density at radius 3 is 2.33 bits per heavy atom. The number of nitrogens with two attached hydrogens (primary N) is 1. The Kier molecular flexibility index (Phi) is 6.38. The molecule has 0 spiro atoms. The summed E-state index contributed by atoms with van der Waals surface area (Å²) < 4.78 is 0. The highest BCUT2D eigenvalue weighted by Crippen LogP contribution is 2.24. The normalized spacial score (nSPS) is 11.4. The van der Waals surface area contributed by atoms with Gasteiger partial charge in [-0.15, -0.1) is 11.6 Å². The lowest BCUT2D eigenvalue weighted by Gasteiger charge is -2.14. The minimum absolute atomic E-state index is 0.153. The fourth-order valence-corrected chi connectivity index (χ4v) is 2.56. The molecule has 3 N–H and O–H groups in total. The van der Waals surface area contributed by atoms with Crippen molar-refractivity contribution in [1.29, 1.82) is 0 Å². The van der Waals surface area contributed by atoms with E-state index in [1.165, 1.54) is 0 Å². The number of anilines is 1. The van der Waals surface area contributed by atoms with Crippen LogP contribution in [-0.4, -0.2) is 17.6 Å². The summed E-state index contributed by atoms with van der Waals surface area (Å²) in [6, 6.07) is 13.1. The van der Waals surface area contributed by atoms with Gasteiger partial charge in [0.05, 0.1) is 11.6 Å². The van der Waals surface area contributed by atoms with E-state index in [9.17, 15) is 4.79 Å². The van der Waals surface area contributed by atoms with Crippen LogP contribution < -0.4 is 11.1 Å². The van der Waals surface area contributed by atoms with Crippen LogP contribution in [0.1, 0.15) is 35.3 Å². The fraction of sp³-hybridized carbons (Fsp3) is 0.263. The van der Waals surface area contributed by atoms with Crippen LogP contribution in [0.15, 0.2) is 47.5 Å². The van der Waals surface area contributed by atoms with E-state index in [0.29, 0.717) is 17.1 Å². The maximum atomic E-state index is 12.6. The van der Waals surface area contributed by atoms with Gasteiger partial charge in [0.15, 0.2) is 0 Å². The second-order valence-corrected chi connectivity index (χ2v) is 5.67. The van der Waals surface area contributed by atoms with Crippen LogP contribution in [0, 0.1) is 0 Å². The molecule has 4 nitrogen and oxygen atoms in total. The Hall–Kier alpha value is -2.33. The predicted molar refractivity (Wildman–Crippen MR) is 102 cm³/mol.